The molecule has 0 amide bonds. The molecule has 20 heavy (non-hydrogen) atoms. The Morgan fingerprint density at radius 1 is 1.30 bits per heavy atom. The van der Waals surface area contributed by atoms with E-state index in [1.807, 2.05) is 0 Å². The normalized spacial score (nSPS) is 22.2. The number of ether oxygens (including phenoxy) is 2. The molecule has 0 heterocycles. The summed E-state index contributed by atoms with van der Waals surface area (Å²) in [5.41, 5.74) is 5.53. The number of unbranched alkanes of at least 4 members (excludes halogenated alkanes) is 1. The monoisotopic (exact) mass is 285 g/mol. The average Bonchev–Trinajstić information content (AvgIpc) is 2.39. The third kappa shape index (κ3) is 5.80. The fraction of sp³-hybridized carbons (Fsp3) is 0.938. The van der Waals surface area contributed by atoms with Crippen LogP contribution in [0.3, 0.4) is 0 Å². The Morgan fingerprint density at radius 2 is 1.90 bits per heavy atom. The van der Waals surface area contributed by atoms with Crippen molar-refractivity contribution in [3.8, 4) is 0 Å². The van der Waals surface area contributed by atoms with Crippen molar-refractivity contribution >= 4 is 5.97 Å². The van der Waals surface area contributed by atoms with E-state index in [-0.39, 0.29) is 5.97 Å². The van der Waals surface area contributed by atoms with Crippen molar-refractivity contribution in [1.29, 1.82) is 0 Å². The SMILES string of the molecule is COC(=O)C(C)(N)CCCCOC1CCC(C)(C)CC1. The molecule has 1 atom stereocenters. The first-order valence-electron chi connectivity index (χ1n) is 7.76. The highest BCUT2D eigenvalue weighted by Crippen LogP contribution is 2.36. The first kappa shape index (κ1) is 17.4. The van der Waals surface area contributed by atoms with Crippen molar-refractivity contribution in [2.24, 2.45) is 11.1 Å². The number of nitrogens with two attached hydrogens (primary N) is 1. The largest absolute Gasteiger partial charge is 0.468 e. The van der Waals surface area contributed by atoms with Gasteiger partial charge in [0.2, 0.25) is 0 Å². The summed E-state index contributed by atoms with van der Waals surface area (Å²) < 4.78 is 10.6. The van der Waals surface area contributed by atoms with Crippen LogP contribution in [0.25, 0.3) is 0 Å². The highest BCUT2D eigenvalue weighted by Gasteiger charge is 2.29. The van der Waals surface area contributed by atoms with Crippen molar-refractivity contribution in [3.05, 3.63) is 0 Å². The fourth-order valence-electron chi connectivity index (χ4n) is 2.72. The predicted molar refractivity (Wildman–Crippen MR) is 80.4 cm³/mol. The Kier molecular flexibility index (Phi) is 6.46. The maximum atomic E-state index is 11.4. The van der Waals surface area contributed by atoms with E-state index in [4.69, 9.17) is 15.2 Å². The number of hydrogen-bond donors (Lipinski definition) is 1. The third-order valence-corrected chi connectivity index (χ3v) is 4.38. The van der Waals surface area contributed by atoms with Gasteiger partial charge in [0.25, 0.3) is 0 Å². The molecule has 1 aliphatic rings. The van der Waals surface area contributed by atoms with Gasteiger partial charge in [0, 0.05) is 6.61 Å². The van der Waals surface area contributed by atoms with Gasteiger partial charge in [0.1, 0.15) is 5.54 Å². The smallest absolute Gasteiger partial charge is 0.325 e. The summed E-state index contributed by atoms with van der Waals surface area (Å²) in [4.78, 5) is 11.4. The summed E-state index contributed by atoms with van der Waals surface area (Å²) in [6, 6.07) is 0. The second kappa shape index (κ2) is 7.41. The summed E-state index contributed by atoms with van der Waals surface area (Å²) in [6.07, 6.45) is 7.74. The molecule has 0 aromatic carbocycles. The number of methoxy groups -OCH3 is 1. The van der Waals surface area contributed by atoms with Gasteiger partial charge in [0.05, 0.1) is 13.2 Å². The molecule has 1 rings (SSSR count). The Balaban J connectivity index is 2.10. The zero-order chi connectivity index (χ0) is 15.2. The summed E-state index contributed by atoms with van der Waals surface area (Å²) in [5.74, 6) is -0.340. The van der Waals surface area contributed by atoms with Crippen LogP contribution in [0, 0.1) is 5.41 Å². The van der Waals surface area contributed by atoms with Gasteiger partial charge in [-0.3, -0.25) is 4.79 Å². The Hall–Kier alpha value is -0.610. The standard InChI is InChI=1S/C16H31NO3/c1-15(2)10-7-13(8-11-15)20-12-6-5-9-16(3,17)14(18)19-4/h13H,5-12,17H2,1-4H3. The molecular weight excluding hydrogens is 254 g/mol. The van der Waals surface area contributed by atoms with Crippen LogP contribution in [0.1, 0.15) is 65.7 Å². The molecule has 0 spiro atoms. The fourth-order valence-corrected chi connectivity index (χ4v) is 2.72. The minimum Gasteiger partial charge on any atom is -0.468 e. The number of carbonyl (C=O) groups excluding carboxylic acids is 1. The summed E-state index contributed by atoms with van der Waals surface area (Å²) >= 11 is 0. The molecule has 0 aromatic rings. The third-order valence-electron chi connectivity index (χ3n) is 4.38. The second-order valence-electron chi connectivity index (χ2n) is 7.10. The first-order chi connectivity index (χ1) is 9.27. The lowest BCUT2D eigenvalue weighted by molar-refractivity contribution is -0.146. The Bertz CT molecular complexity index is 303. The van der Waals surface area contributed by atoms with E-state index in [9.17, 15) is 4.79 Å². The van der Waals surface area contributed by atoms with Gasteiger partial charge < -0.3 is 15.2 Å². The number of hydrogen-bond acceptors (Lipinski definition) is 4. The van der Waals surface area contributed by atoms with Gasteiger partial charge in [-0.25, -0.2) is 0 Å². The van der Waals surface area contributed by atoms with Crippen molar-refractivity contribution in [2.75, 3.05) is 13.7 Å². The van der Waals surface area contributed by atoms with Crippen LogP contribution in [0.4, 0.5) is 0 Å². The molecule has 1 unspecified atom stereocenters. The van der Waals surface area contributed by atoms with E-state index in [1.165, 1.54) is 32.8 Å². The van der Waals surface area contributed by atoms with Crippen LogP contribution in [0.2, 0.25) is 0 Å². The van der Waals surface area contributed by atoms with E-state index in [0.717, 1.165) is 19.4 Å². The Morgan fingerprint density at radius 3 is 2.45 bits per heavy atom. The molecule has 0 bridgehead atoms. The lowest BCUT2D eigenvalue weighted by atomic mass is 9.76. The van der Waals surface area contributed by atoms with Crippen LogP contribution in [-0.4, -0.2) is 31.3 Å². The zero-order valence-corrected chi connectivity index (χ0v) is 13.5. The van der Waals surface area contributed by atoms with Crippen LogP contribution in [-0.2, 0) is 14.3 Å². The summed E-state index contributed by atoms with van der Waals surface area (Å²) in [5, 5.41) is 0. The van der Waals surface area contributed by atoms with E-state index in [2.05, 4.69) is 13.8 Å². The van der Waals surface area contributed by atoms with E-state index in [0.29, 0.717) is 17.9 Å². The van der Waals surface area contributed by atoms with Gasteiger partial charge in [0.15, 0.2) is 0 Å². The molecule has 0 saturated heterocycles. The average molecular weight is 285 g/mol. The lowest BCUT2D eigenvalue weighted by Gasteiger charge is -2.34. The first-order valence-corrected chi connectivity index (χ1v) is 7.76. The number of rotatable bonds is 7. The molecule has 4 heteroatoms. The van der Waals surface area contributed by atoms with Crippen LogP contribution in [0.5, 0.6) is 0 Å². The van der Waals surface area contributed by atoms with Gasteiger partial charge in [-0.15, -0.1) is 0 Å². The van der Waals surface area contributed by atoms with E-state index in [1.54, 1.807) is 6.92 Å². The lowest BCUT2D eigenvalue weighted by Crippen LogP contribution is -2.45. The van der Waals surface area contributed by atoms with Crippen molar-refractivity contribution in [2.45, 2.75) is 77.4 Å². The van der Waals surface area contributed by atoms with Crippen molar-refractivity contribution in [1.82, 2.24) is 0 Å². The number of carbonyl (C=O) groups is 1. The van der Waals surface area contributed by atoms with Gasteiger partial charge in [-0.1, -0.05) is 13.8 Å². The molecule has 2 N–H and O–H groups in total. The maximum Gasteiger partial charge on any atom is 0.325 e. The molecule has 1 fully saturated rings. The second-order valence-corrected chi connectivity index (χ2v) is 7.10. The minimum atomic E-state index is -0.871. The molecule has 1 saturated carbocycles. The zero-order valence-electron chi connectivity index (χ0n) is 13.5. The quantitative estimate of drug-likeness (QED) is 0.577. The van der Waals surface area contributed by atoms with E-state index >= 15 is 0 Å². The topological polar surface area (TPSA) is 61.5 Å². The van der Waals surface area contributed by atoms with Crippen LogP contribution >= 0.6 is 0 Å². The van der Waals surface area contributed by atoms with Gasteiger partial charge in [-0.2, -0.15) is 0 Å². The molecule has 0 radical (unpaired) electrons. The highest BCUT2D eigenvalue weighted by molar-refractivity contribution is 5.79. The summed E-state index contributed by atoms with van der Waals surface area (Å²) in [6.45, 7) is 7.15. The van der Waals surface area contributed by atoms with Gasteiger partial charge in [-0.05, 0) is 57.3 Å². The van der Waals surface area contributed by atoms with Crippen molar-refractivity contribution < 1.29 is 14.3 Å². The molecule has 0 aromatic heterocycles. The van der Waals surface area contributed by atoms with Crippen LogP contribution < -0.4 is 5.73 Å². The van der Waals surface area contributed by atoms with E-state index < -0.39 is 5.54 Å². The van der Waals surface area contributed by atoms with Crippen LogP contribution in [0.15, 0.2) is 0 Å². The molecule has 1 aliphatic carbocycles. The number of esters is 1. The maximum absolute atomic E-state index is 11.4. The molecular formula is C16H31NO3. The van der Waals surface area contributed by atoms with Gasteiger partial charge >= 0.3 is 5.97 Å². The highest BCUT2D eigenvalue weighted by atomic mass is 16.5. The summed E-state index contributed by atoms with van der Waals surface area (Å²) in [7, 11) is 1.38. The minimum absolute atomic E-state index is 0.340. The van der Waals surface area contributed by atoms with Crippen molar-refractivity contribution in [3.63, 3.8) is 0 Å². The molecule has 0 aliphatic heterocycles. The molecule has 4 nitrogen and oxygen atoms in total. The Labute approximate surface area is 123 Å². The molecule has 118 valence electrons. The predicted octanol–water partition coefficient (Wildman–Crippen LogP) is 3.03.